The molecule has 2 N–H and O–H groups in total. The topological polar surface area (TPSA) is 101 Å². The zero-order valence-electron chi connectivity index (χ0n) is 11.6. The summed E-state index contributed by atoms with van der Waals surface area (Å²) in [7, 11) is 0. The third-order valence-electron chi connectivity index (χ3n) is 3.53. The first-order chi connectivity index (χ1) is 10.8. The molecule has 1 amide bonds. The van der Waals surface area contributed by atoms with E-state index in [4.69, 9.17) is 0 Å². The van der Waals surface area contributed by atoms with Crippen LogP contribution in [-0.4, -0.2) is 36.1 Å². The number of anilines is 1. The number of carbonyl (C=O) groups excluding carboxylic acids is 1. The summed E-state index contributed by atoms with van der Waals surface area (Å²) < 4.78 is 1.74. The number of nitrogens with one attached hydrogen (secondary N) is 2. The lowest BCUT2D eigenvalue weighted by Gasteiger charge is -2.06. The van der Waals surface area contributed by atoms with E-state index >= 15 is 0 Å². The Hall–Kier alpha value is -3.03. The molecule has 1 aromatic carbocycles. The number of nitrogens with zero attached hydrogens (tertiary/aromatic N) is 5. The van der Waals surface area contributed by atoms with E-state index in [-0.39, 0.29) is 5.91 Å². The van der Waals surface area contributed by atoms with Crippen molar-refractivity contribution in [3.05, 3.63) is 48.0 Å². The Labute approximate surface area is 125 Å². The van der Waals surface area contributed by atoms with Crippen molar-refractivity contribution in [2.24, 2.45) is 0 Å². The van der Waals surface area contributed by atoms with Gasteiger partial charge in [-0.25, -0.2) is 9.78 Å². The van der Waals surface area contributed by atoms with Crippen LogP contribution in [0.2, 0.25) is 0 Å². The lowest BCUT2D eigenvalue weighted by Crippen LogP contribution is -2.16. The maximum absolute atomic E-state index is 12.4. The zero-order valence-corrected chi connectivity index (χ0v) is 11.6. The highest BCUT2D eigenvalue weighted by atomic mass is 16.2. The summed E-state index contributed by atoms with van der Waals surface area (Å²) in [6, 6.07) is 9.69. The van der Waals surface area contributed by atoms with Gasteiger partial charge >= 0.3 is 0 Å². The number of amides is 1. The fourth-order valence-corrected chi connectivity index (χ4v) is 2.37. The second-order valence-electron chi connectivity index (χ2n) is 5.13. The van der Waals surface area contributed by atoms with Gasteiger partial charge in [0.1, 0.15) is 6.33 Å². The lowest BCUT2D eigenvalue weighted by molar-refractivity contribution is 0.102. The Bertz CT molecular complexity index is 790. The Morgan fingerprint density at radius 1 is 1.27 bits per heavy atom. The minimum atomic E-state index is -0.333. The quantitative estimate of drug-likeness (QED) is 0.759. The highest BCUT2D eigenvalue weighted by Gasteiger charge is 2.34. The van der Waals surface area contributed by atoms with Crippen LogP contribution in [0.5, 0.6) is 0 Å². The third-order valence-corrected chi connectivity index (χ3v) is 3.53. The van der Waals surface area contributed by atoms with Crippen LogP contribution in [0.15, 0.2) is 36.7 Å². The molecule has 0 bridgehead atoms. The molecular weight excluding hydrogens is 282 g/mol. The first-order valence-corrected chi connectivity index (χ1v) is 7.00. The molecule has 1 fully saturated rings. The maximum Gasteiger partial charge on any atom is 0.280 e. The molecule has 0 radical (unpaired) electrons. The molecule has 2 heterocycles. The van der Waals surface area contributed by atoms with E-state index in [0.29, 0.717) is 17.6 Å². The SMILES string of the molecule is O=C(Nc1ncn[nH]1)c1nnn(-c2ccccc2)c1C1CC1. The average molecular weight is 295 g/mol. The van der Waals surface area contributed by atoms with Gasteiger partial charge in [0.05, 0.1) is 11.4 Å². The predicted octanol–water partition coefficient (Wildman–Crippen LogP) is 1.52. The highest BCUT2D eigenvalue weighted by Crippen LogP contribution is 2.42. The lowest BCUT2D eigenvalue weighted by atomic mass is 10.2. The largest absolute Gasteiger partial charge is 0.289 e. The van der Waals surface area contributed by atoms with E-state index in [2.05, 4.69) is 30.8 Å². The van der Waals surface area contributed by atoms with Gasteiger partial charge in [-0.3, -0.25) is 10.1 Å². The number of hydrogen-bond donors (Lipinski definition) is 2. The molecule has 0 spiro atoms. The van der Waals surface area contributed by atoms with Crippen molar-refractivity contribution in [1.29, 1.82) is 0 Å². The molecule has 8 nitrogen and oxygen atoms in total. The highest BCUT2D eigenvalue weighted by molar-refractivity contribution is 6.02. The molecule has 22 heavy (non-hydrogen) atoms. The Kier molecular flexibility index (Phi) is 2.92. The van der Waals surface area contributed by atoms with Gasteiger partial charge in [0, 0.05) is 5.92 Å². The van der Waals surface area contributed by atoms with E-state index in [1.54, 1.807) is 4.68 Å². The van der Waals surface area contributed by atoms with Crippen LogP contribution in [0.4, 0.5) is 5.95 Å². The third kappa shape index (κ3) is 2.24. The van der Waals surface area contributed by atoms with Crippen molar-refractivity contribution < 1.29 is 4.79 Å². The number of aromatic nitrogens is 6. The van der Waals surface area contributed by atoms with Crippen molar-refractivity contribution >= 4 is 11.9 Å². The molecular formula is C14H13N7O. The van der Waals surface area contributed by atoms with E-state index in [1.807, 2.05) is 30.3 Å². The van der Waals surface area contributed by atoms with Gasteiger partial charge in [0.2, 0.25) is 5.95 Å². The van der Waals surface area contributed by atoms with Crippen molar-refractivity contribution in [1.82, 2.24) is 30.2 Å². The summed E-state index contributed by atoms with van der Waals surface area (Å²) in [5.41, 5.74) is 2.08. The Balaban J connectivity index is 1.71. The summed E-state index contributed by atoms with van der Waals surface area (Å²) in [6.07, 6.45) is 3.42. The van der Waals surface area contributed by atoms with Crippen LogP contribution >= 0.6 is 0 Å². The van der Waals surface area contributed by atoms with Crippen LogP contribution in [-0.2, 0) is 0 Å². The summed E-state index contributed by atoms with van der Waals surface area (Å²) >= 11 is 0. The van der Waals surface area contributed by atoms with Crippen LogP contribution in [0, 0.1) is 0 Å². The first-order valence-electron chi connectivity index (χ1n) is 7.00. The summed E-state index contributed by atoms with van der Waals surface area (Å²) in [4.78, 5) is 16.3. The molecule has 110 valence electrons. The Morgan fingerprint density at radius 3 is 2.77 bits per heavy atom. The second kappa shape index (κ2) is 5.06. The van der Waals surface area contributed by atoms with E-state index in [1.165, 1.54) is 6.33 Å². The molecule has 0 saturated heterocycles. The predicted molar refractivity (Wildman–Crippen MR) is 77.7 cm³/mol. The molecule has 0 atom stereocenters. The number of rotatable bonds is 4. The van der Waals surface area contributed by atoms with Crippen LogP contribution in [0.3, 0.4) is 0 Å². The molecule has 3 aromatic rings. The number of benzene rings is 1. The molecule has 1 aliphatic rings. The number of carbonyl (C=O) groups is 1. The molecule has 0 aliphatic heterocycles. The fourth-order valence-electron chi connectivity index (χ4n) is 2.37. The van der Waals surface area contributed by atoms with Gasteiger partial charge in [0.25, 0.3) is 5.91 Å². The standard InChI is InChI=1S/C14H13N7O/c22-13(17-14-15-8-16-19-14)11-12(9-6-7-9)21(20-18-11)10-4-2-1-3-5-10/h1-5,8-9H,6-7H2,(H2,15,16,17,19,22). The molecule has 1 saturated carbocycles. The van der Waals surface area contributed by atoms with Crippen LogP contribution < -0.4 is 5.32 Å². The fraction of sp³-hybridized carbons (Fsp3) is 0.214. The van der Waals surface area contributed by atoms with Crippen molar-refractivity contribution in [2.45, 2.75) is 18.8 Å². The number of aromatic amines is 1. The molecule has 8 heteroatoms. The van der Waals surface area contributed by atoms with Gasteiger partial charge < -0.3 is 0 Å². The first kappa shape index (κ1) is 12.7. The number of H-pyrrole nitrogens is 1. The Morgan fingerprint density at radius 2 is 2.09 bits per heavy atom. The summed E-state index contributed by atoms with van der Waals surface area (Å²) in [6.45, 7) is 0. The molecule has 2 aromatic heterocycles. The number of para-hydroxylation sites is 1. The van der Waals surface area contributed by atoms with E-state index < -0.39 is 0 Å². The molecule has 0 unspecified atom stereocenters. The minimum absolute atomic E-state index is 0.293. The average Bonchev–Trinajstić information content (AvgIpc) is 3.08. The van der Waals surface area contributed by atoms with Gasteiger partial charge in [-0.2, -0.15) is 10.1 Å². The summed E-state index contributed by atoms with van der Waals surface area (Å²) in [5, 5.41) is 17.2. The molecule has 4 rings (SSSR count). The van der Waals surface area contributed by atoms with Crippen LogP contribution in [0.1, 0.15) is 34.9 Å². The van der Waals surface area contributed by atoms with E-state index in [9.17, 15) is 4.79 Å². The minimum Gasteiger partial charge on any atom is -0.289 e. The number of hydrogen-bond acceptors (Lipinski definition) is 5. The van der Waals surface area contributed by atoms with Crippen LogP contribution in [0.25, 0.3) is 5.69 Å². The molecule has 1 aliphatic carbocycles. The second-order valence-corrected chi connectivity index (χ2v) is 5.13. The van der Waals surface area contributed by atoms with Crippen molar-refractivity contribution in [2.75, 3.05) is 5.32 Å². The van der Waals surface area contributed by atoms with Gasteiger partial charge in [0.15, 0.2) is 5.69 Å². The zero-order chi connectivity index (χ0) is 14.9. The normalized spacial score (nSPS) is 14.0. The van der Waals surface area contributed by atoms with Gasteiger partial charge in [-0.1, -0.05) is 23.4 Å². The van der Waals surface area contributed by atoms with Crippen molar-refractivity contribution in [3.8, 4) is 5.69 Å². The van der Waals surface area contributed by atoms with Gasteiger partial charge in [-0.15, -0.1) is 5.10 Å². The maximum atomic E-state index is 12.4. The smallest absolute Gasteiger partial charge is 0.280 e. The van der Waals surface area contributed by atoms with Crippen molar-refractivity contribution in [3.63, 3.8) is 0 Å². The van der Waals surface area contributed by atoms with E-state index in [0.717, 1.165) is 24.2 Å². The summed E-state index contributed by atoms with van der Waals surface area (Å²) in [5.74, 6) is 0.285. The van der Waals surface area contributed by atoms with Gasteiger partial charge in [-0.05, 0) is 25.0 Å². The monoisotopic (exact) mass is 295 g/mol.